The molecule has 0 aliphatic carbocycles. The van der Waals surface area contributed by atoms with Gasteiger partial charge in [0.05, 0.1) is 17.5 Å². The molecule has 0 radical (unpaired) electrons. The lowest BCUT2D eigenvalue weighted by Gasteiger charge is -2.31. The lowest BCUT2D eigenvalue weighted by Crippen LogP contribution is -2.39. The fourth-order valence-corrected chi connectivity index (χ4v) is 4.28. The molecule has 162 valence electrons. The van der Waals surface area contributed by atoms with Crippen LogP contribution in [0.5, 0.6) is 0 Å². The summed E-state index contributed by atoms with van der Waals surface area (Å²) in [4.78, 5) is 19.7. The zero-order chi connectivity index (χ0) is 21.9. The van der Waals surface area contributed by atoms with Crippen LogP contribution in [0.3, 0.4) is 0 Å². The number of piperidine rings is 1. The minimum absolute atomic E-state index is 0.112. The minimum atomic E-state index is -0.112. The molecule has 5 rings (SSSR count). The lowest BCUT2D eigenvalue weighted by atomic mass is 9.90. The molecule has 3 heterocycles. The molecule has 1 aliphatic heterocycles. The fourth-order valence-electron chi connectivity index (χ4n) is 4.28. The molecule has 4 aromatic rings. The number of rotatable bonds is 5. The van der Waals surface area contributed by atoms with Gasteiger partial charge in [-0.15, -0.1) is 5.10 Å². The van der Waals surface area contributed by atoms with Gasteiger partial charge in [0.1, 0.15) is 6.26 Å². The molecular weight excluding hydrogens is 400 g/mol. The summed E-state index contributed by atoms with van der Waals surface area (Å²) >= 11 is 0. The third-order valence-electron chi connectivity index (χ3n) is 6.13. The largest absolute Gasteiger partial charge is 0.472 e. The van der Waals surface area contributed by atoms with Gasteiger partial charge in [-0.25, -0.2) is 9.67 Å². The molecule has 0 atom stereocenters. The minimum Gasteiger partial charge on any atom is -0.472 e. The van der Waals surface area contributed by atoms with Gasteiger partial charge in [0.15, 0.2) is 5.82 Å². The number of nitrogens with zero attached hydrogens (tertiary/aromatic N) is 4. The maximum Gasteiger partial charge on any atom is 0.293 e. The van der Waals surface area contributed by atoms with Crippen molar-refractivity contribution in [3.8, 4) is 17.1 Å². The molecule has 32 heavy (non-hydrogen) atoms. The summed E-state index contributed by atoms with van der Waals surface area (Å²) in [6, 6.07) is 20.4. The molecule has 0 unspecified atom stereocenters. The highest BCUT2D eigenvalue weighted by Gasteiger charge is 2.27. The van der Waals surface area contributed by atoms with Crippen molar-refractivity contribution < 1.29 is 9.21 Å². The number of carbonyl (C=O) groups is 1. The van der Waals surface area contributed by atoms with Crippen LogP contribution in [0.2, 0.25) is 0 Å². The SMILES string of the molecule is Cc1ccc(-n2nc(C(=O)N3CCC(Cc4ccccc4)CC3)nc2-c2ccoc2)cc1. The van der Waals surface area contributed by atoms with Crippen LogP contribution >= 0.6 is 0 Å². The van der Waals surface area contributed by atoms with E-state index in [4.69, 9.17) is 4.42 Å². The molecular formula is C26H26N4O2. The zero-order valence-corrected chi connectivity index (χ0v) is 18.1. The predicted molar refractivity (Wildman–Crippen MR) is 123 cm³/mol. The molecule has 1 saturated heterocycles. The fraction of sp³-hybridized carbons (Fsp3) is 0.269. The summed E-state index contributed by atoms with van der Waals surface area (Å²) in [6.45, 7) is 3.51. The van der Waals surface area contributed by atoms with E-state index in [-0.39, 0.29) is 11.7 Å². The van der Waals surface area contributed by atoms with Crippen molar-refractivity contribution in [2.75, 3.05) is 13.1 Å². The van der Waals surface area contributed by atoms with Gasteiger partial charge in [-0.3, -0.25) is 4.79 Å². The van der Waals surface area contributed by atoms with Crippen molar-refractivity contribution in [1.29, 1.82) is 0 Å². The third kappa shape index (κ3) is 4.21. The first-order valence-electron chi connectivity index (χ1n) is 11.1. The Morgan fingerprint density at radius 1 is 1.03 bits per heavy atom. The van der Waals surface area contributed by atoms with Gasteiger partial charge in [-0.2, -0.15) is 0 Å². The molecule has 2 aromatic carbocycles. The van der Waals surface area contributed by atoms with Crippen LogP contribution in [0, 0.1) is 12.8 Å². The van der Waals surface area contributed by atoms with Gasteiger partial charge >= 0.3 is 0 Å². The Balaban J connectivity index is 1.34. The quantitative estimate of drug-likeness (QED) is 0.454. The Labute approximate surface area is 187 Å². The van der Waals surface area contributed by atoms with Gasteiger partial charge in [-0.1, -0.05) is 48.0 Å². The number of furan rings is 1. The second kappa shape index (κ2) is 8.83. The summed E-state index contributed by atoms with van der Waals surface area (Å²) in [5, 5.41) is 4.60. The Morgan fingerprint density at radius 3 is 2.47 bits per heavy atom. The number of carbonyl (C=O) groups excluding carboxylic acids is 1. The van der Waals surface area contributed by atoms with Crippen LogP contribution in [0.1, 0.15) is 34.6 Å². The van der Waals surface area contributed by atoms with Crippen LogP contribution in [0.15, 0.2) is 77.6 Å². The van der Waals surface area contributed by atoms with E-state index >= 15 is 0 Å². The standard InChI is InChI=1S/C26H26N4O2/c1-19-7-9-23(10-8-19)30-25(22-13-16-32-18-22)27-24(28-30)26(31)29-14-11-21(12-15-29)17-20-5-3-2-4-6-20/h2-10,13,16,18,21H,11-12,14-15,17H2,1H3. The topological polar surface area (TPSA) is 64.2 Å². The number of likely N-dealkylation sites (tertiary alicyclic amines) is 1. The van der Waals surface area contributed by atoms with E-state index in [1.807, 2.05) is 48.2 Å². The van der Waals surface area contributed by atoms with Crippen molar-refractivity contribution in [2.24, 2.45) is 5.92 Å². The Hall–Kier alpha value is -3.67. The zero-order valence-electron chi connectivity index (χ0n) is 18.1. The van der Waals surface area contributed by atoms with Gasteiger partial charge in [0.25, 0.3) is 5.91 Å². The Kier molecular flexibility index (Phi) is 5.58. The maximum absolute atomic E-state index is 13.2. The van der Waals surface area contributed by atoms with Crippen LogP contribution in [0.25, 0.3) is 17.1 Å². The molecule has 1 fully saturated rings. The van der Waals surface area contributed by atoms with E-state index in [2.05, 4.69) is 34.3 Å². The first kappa shape index (κ1) is 20.2. The van der Waals surface area contributed by atoms with Crippen LogP contribution < -0.4 is 0 Å². The number of benzene rings is 2. The molecule has 6 heteroatoms. The molecule has 1 aliphatic rings. The van der Waals surface area contributed by atoms with E-state index < -0.39 is 0 Å². The van der Waals surface area contributed by atoms with Crippen LogP contribution in [-0.4, -0.2) is 38.7 Å². The highest BCUT2D eigenvalue weighted by molar-refractivity contribution is 5.91. The number of hydrogen-bond acceptors (Lipinski definition) is 4. The van der Waals surface area contributed by atoms with Gasteiger partial charge < -0.3 is 9.32 Å². The number of aryl methyl sites for hydroxylation is 1. The molecule has 0 spiro atoms. The van der Waals surface area contributed by atoms with Crippen molar-refractivity contribution in [3.05, 3.63) is 90.1 Å². The molecule has 1 amide bonds. The summed E-state index contributed by atoms with van der Waals surface area (Å²) in [5.74, 6) is 1.31. The number of amides is 1. The lowest BCUT2D eigenvalue weighted by molar-refractivity contribution is 0.0678. The summed E-state index contributed by atoms with van der Waals surface area (Å²) < 4.78 is 6.97. The number of hydrogen-bond donors (Lipinski definition) is 0. The second-order valence-corrected chi connectivity index (χ2v) is 8.44. The normalized spacial score (nSPS) is 14.6. The van der Waals surface area contributed by atoms with Crippen molar-refractivity contribution in [1.82, 2.24) is 19.7 Å². The van der Waals surface area contributed by atoms with Crippen molar-refractivity contribution >= 4 is 5.91 Å². The highest BCUT2D eigenvalue weighted by Crippen LogP contribution is 2.25. The summed E-state index contributed by atoms with van der Waals surface area (Å²) in [6.07, 6.45) is 6.27. The Bertz CT molecular complexity index is 1170. The van der Waals surface area contributed by atoms with Crippen molar-refractivity contribution in [3.63, 3.8) is 0 Å². The number of aromatic nitrogens is 3. The van der Waals surface area contributed by atoms with Crippen LogP contribution in [0.4, 0.5) is 0 Å². The predicted octanol–water partition coefficient (Wildman–Crippen LogP) is 4.93. The van der Waals surface area contributed by atoms with E-state index in [1.165, 1.54) is 5.56 Å². The van der Waals surface area contributed by atoms with E-state index in [1.54, 1.807) is 17.2 Å². The molecule has 6 nitrogen and oxygen atoms in total. The smallest absolute Gasteiger partial charge is 0.293 e. The van der Waals surface area contributed by atoms with E-state index in [9.17, 15) is 4.79 Å². The first-order valence-corrected chi connectivity index (χ1v) is 11.1. The van der Waals surface area contributed by atoms with E-state index in [0.29, 0.717) is 11.7 Å². The second-order valence-electron chi connectivity index (χ2n) is 8.44. The van der Waals surface area contributed by atoms with Gasteiger partial charge in [0.2, 0.25) is 5.82 Å². The van der Waals surface area contributed by atoms with Crippen LogP contribution in [-0.2, 0) is 6.42 Å². The maximum atomic E-state index is 13.2. The van der Waals surface area contributed by atoms with Gasteiger partial charge in [-0.05, 0) is 55.9 Å². The average molecular weight is 427 g/mol. The van der Waals surface area contributed by atoms with E-state index in [0.717, 1.165) is 49.2 Å². The molecule has 0 saturated carbocycles. The summed E-state index contributed by atoms with van der Waals surface area (Å²) in [7, 11) is 0. The molecule has 0 bridgehead atoms. The molecule has 0 N–H and O–H groups in total. The molecule has 2 aromatic heterocycles. The third-order valence-corrected chi connectivity index (χ3v) is 6.13. The first-order chi connectivity index (χ1) is 15.7. The summed E-state index contributed by atoms with van der Waals surface area (Å²) in [5.41, 5.74) is 4.17. The average Bonchev–Trinajstić information content (AvgIpc) is 3.51. The Morgan fingerprint density at radius 2 is 1.78 bits per heavy atom. The highest BCUT2D eigenvalue weighted by atomic mass is 16.3. The monoisotopic (exact) mass is 426 g/mol. The van der Waals surface area contributed by atoms with Crippen molar-refractivity contribution in [2.45, 2.75) is 26.2 Å². The van der Waals surface area contributed by atoms with Gasteiger partial charge in [0, 0.05) is 13.1 Å².